The summed E-state index contributed by atoms with van der Waals surface area (Å²) in [6.45, 7) is 2.71. The van der Waals surface area contributed by atoms with E-state index in [1.807, 2.05) is 0 Å². The fraction of sp³-hybridized carbons (Fsp3) is 0.385. The van der Waals surface area contributed by atoms with Gasteiger partial charge in [0, 0.05) is 0 Å². The number of benzene rings is 1. The van der Waals surface area contributed by atoms with Gasteiger partial charge in [-0.05, 0) is 26.0 Å². The third-order valence-electron chi connectivity index (χ3n) is 2.41. The van der Waals surface area contributed by atoms with Gasteiger partial charge in [-0.2, -0.15) is 0 Å². The molecule has 0 amide bonds. The molecule has 0 atom stereocenters. The van der Waals surface area contributed by atoms with E-state index in [1.54, 1.807) is 0 Å². The largest absolute Gasteiger partial charge is 0.465 e. The second-order valence-corrected chi connectivity index (χ2v) is 3.69. The first-order valence-electron chi connectivity index (χ1n) is 5.90. The molecule has 0 aliphatic heterocycles. The highest BCUT2D eigenvalue weighted by atomic mass is 19.2. The molecule has 1 aromatic rings. The van der Waals surface area contributed by atoms with Crippen molar-refractivity contribution in [3.63, 3.8) is 0 Å². The van der Waals surface area contributed by atoms with Crippen molar-refractivity contribution in [3.8, 4) is 0 Å². The average Bonchev–Trinajstić information content (AvgIpc) is 2.39. The average molecular weight is 290 g/mol. The van der Waals surface area contributed by atoms with Gasteiger partial charge in [0.25, 0.3) is 0 Å². The molecule has 1 aromatic carbocycles. The number of carbonyl (C=O) groups excluding carboxylic acids is 2. The Morgan fingerprint density at radius 2 is 1.45 bits per heavy atom. The van der Waals surface area contributed by atoms with Crippen LogP contribution in [0.3, 0.4) is 0 Å². The summed E-state index contributed by atoms with van der Waals surface area (Å²) in [5, 5.41) is 0. The van der Waals surface area contributed by atoms with Crippen LogP contribution in [-0.2, 0) is 19.1 Å². The summed E-state index contributed by atoms with van der Waals surface area (Å²) in [5.41, 5.74) is -1.01. The first-order valence-corrected chi connectivity index (χ1v) is 5.90. The van der Waals surface area contributed by atoms with E-state index in [0.717, 1.165) is 0 Å². The molecular formula is C13H13F3O4. The van der Waals surface area contributed by atoms with E-state index in [4.69, 9.17) is 0 Å². The van der Waals surface area contributed by atoms with Gasteiger partial charge in [0.15, 0.2) is 17.6 Å². The number of carbonyl (C=O) groups is 2. The Morgan fingerprint density at radius 1 is 1.00 bits per heavy atom. The van der Waals surface area contributed by atoms with Gasteiger partial charge < -0.3 is 9.47 Å². The third-order valence-corrected chi connectivity index (χ3v) is 2.41. The van der Waals surface area contributed by atoms with E-state index >= 15 is 0 Å². The molecule has 0 aliphatic rings. The maximum atomic E-state index is 13.7. The van der Waals surface area contributed by atoms with Crippen LogP contribution in [-0.4, -0.2) is 25.2 Å². The van der Waals surface area contributed by atoms with Crippen LogP contribution in [0.4, 0.5) is 13.2 Å². The molecule has 0 bridgehead atoms. The van der Waals surface area contributed by atoms with Crippen LogP contribution in [0, 0.1) is 17.5 Å². The van der Waals surface area contributed by atoms with Crippen LogP contribution < -0.4 is 0 Å². The van der Waals surface area contributed by atoms with E-state index in [0.29, 0.717) is 12.1 Å². The van der Waals surface area contributed by atoms with Crippen LogP contribution >= 0.6 is 0 Å². The summed E-state index contributed by atoms with van der Waals surface area (Å²) in [4.78, 5) is 23.4. The Bertz CT molecular complexity index is 499. The molecule has 0 N–H and O–H groups in total. The smallest absolute Gasteiger partial charge is 0.325 e. The van der Waals surface area contributed by atoms with E-state index in [1.165, 1.54) is 13.8 Å². The molecule has 0 fully saturated rings. The van der Waals surface area contributed by atoms with Crippen molar-refractivity contribution in [2.45, 2.75) is 19.8 Å². The molecule has 0 heterocycles. The highest BCUT2D eigenvalue weighted by Gasteiger charge is 2.37. The number of hydrogen-bond acceptors (Lipinski definition) is 4. The highest BCUT2D eigenvalue weighted by molar-refractivity contribution is 6.00. The minimum atomic E-state index is -1.99. The lowest BCUT2D eigenvalue weighted by atomic mass is 9.97. The number of rotatable bonds is 5. The van der Waals surface area contributed by atoms with Crippen molar-refractivity contribution in [2.75, 3.05) is 13.2 Å². The normalized spacial score (nSPS) is 10.5. The summed E-state index contributed by atoms with van der Waals surface area (Å²) >= 11 is 0. The van der Waals surface area contributed by atoms with Crippen molar-refractivity contribution in [2.24, 2.45) is 0 Å². The van der Waals surface area contributed by atoms with Gasteiger partial charge in [-0.15, -0.1) is 0 Å². The van der Waals surface area contributed by atoms with Crippen molar-refractivity contribution < 1.29 is 32.2 Å². The molecule has 0 aromatic heterocycles. The van der Waals surface area contributed by atoms with Crippen LogP contribution in [0.1, 0.15) is 25.3 Å². The maximum absolute atomic E-state index is 13.7. The van der Waals surface area contributed by atoms with Crippen molar-refractivity contribution in [3.05, 3.63) is 35.1 Å². The summed E-state index contributed by atoms with van der Waals surface area (Å²) < 4.78 is 49.7. The highest BCUT2D eigenvalue weighted by Crippen LogP contribution is 2.27. The topological polar surface area (TPSA) is 52.6 Å². The molecule has 0 radical (unpaired) electrons. The molecule has 4 nitrogen and oxygen atoms in total. The SMILES string of the molecule is CCOC(=O)C(C(=O)OCC)c1c(F)ccc(F)c1F. The van der Waals surface area contributed by atoms with E-state index < -0.39 is 40.9 Å². The summed E-state index contributed by atoms with van der Waals surface area (Å²) in [6.07, 6.45) is 0. The van der Waals surface area contributed by atoms with Crippen molar-refractivity contribution in [1.82, 2.24) is 0 Å². The van der Waals surface area contributed by atoms with Crippen LogP contribution in [0.25, 0.3) is 0 Å². The monoisotopic (exact) mass is 290 g/mol. The first kappa shape index (κ1) is 16.0. The number of halogens is 3. The zero-order valence-electron chi connectivity index (χ0n) is 10.9. The quantitative estimate of drug-likeness (QED) is 0.474. The minimum Gasteiger partial charge on any atom is -0.465 e. The lowest BCUT2D eigenvalue weighted by Crippen LogP contribution is -2.28. The Morgan fingerprint density at radius 3 is 1.90 bits per heavy atom. The molecule has 20 heavy (non-hydrogen) atoms. The Labute approximate surface area is 113 Å². The zero-order chi connectivity index (χ0) is 15.3. The van der Waals surface area contributed by atoms with E-state index in [9.17, 15) is 22.8 Å². The fourth-order valence-corrected chi connectivity index (χ4v) is 1.59. The lowest BCUT2D eigenvalue weighted by molar-refractivity contribution is -0.157. The number of hydrogen-bond donors (Lipinski definition) is 0. The zero-order valence-corrected chi connectivity index (χ0v) is 10.9. The predicted molar refractivity (Wildman–Crippen MR) is 62.3 cm³/mol. The number of ether oxygens (including phenoxy) is 2. The van der Waals surface area contributed by atoms with Crippen molar-refractivity contribution in [1.29, 1.82) is 0 Å². The van der Waals surface area contributed by atoms with E-state index in [2.05, 4.69) is 9.47 Å². The molecule has 0 aliphatic carbocycles. The second-order valence-electron chi connectivity index (χ2n) is 3.69. The molecule has 0 unspecified atom stereocenters. The fourth-order valence-electron chi connectivity index (χ4n) is 1.59. The Balaban J connectivity index is 3.34. The maximum Gasteiger partial charge on any atom is 0.325 e. The summed E-state index contributed by atoms with van der Waals surface area (Å²) in [6, 6.07) is 1.18. The second kappa shape index (κ2) is 6.93. The molecule has 0 saturated heterocycles. The van der Waals surface area contributed by atoms with Gasteiger partial charge >= 0.3 is 11.9 Å². The standard InChI is InChI=1S/C13H13F3O4/c1-3-19-12(17)10(13(18)20-4-2)9-7(14)5-6-8(15)11(9)16/h5-6,10H,3-4H2,1-2H3. The van der Waals surface area contributed by atoms with Gasteiger partial charge in [0.2, 0.25) is 0 Å². The van der Waals surface area contributed by atoms with Gasteiger partial charge in [0.05, 0.1) is 18.8 Å². The number of esters is 2. The van der Waals surface area contributed by atoms with Gasteiger partial charge in [-0.25, -0.2) is 13.2 Å². The van der Waals surface area contributed by atoms with Gasteiger partial charge in [-0.1, -0.05) is 0 Å². The van der Waals surface area contributed by atoms with Crippen LogP contribution in [0.2, 0.25) is 0 Å². The minimum absolute atomic E-state index is 0.104. The molecule has 0 spiro atoms. The van der Waals surface area contributed by atoms with Crippen molar-refractivity contribution >= 4 is 11.9 Å². The Hall–Kier alpha value is -2.05. The summed E-state index contributed by atoms with van der Waals surface area (Å²) in [7, 11) is 0. The summed E-state index contributed by atoms with van der Waals surface area (Å²) in [5.74, 6) is -8.61. The molecule has 7 heteroatoms. The van der Waals surface area contributed by atoms with Crippen LogP contribution in [0.15, 0.2) is 12.1 Å². The molecule has 110 valence electrons. The molecule has 0 saturated carbocycles. The van der Waals surface area contributed by atoms with Gasteiger partial charge in [0.1, 0.15) is 5.82 Å². The van der Waals surface area contributed by atoms with Crippen LogP contribution in [0.5, 0.6) is 0 Å². The lowest BCUT2D eigenvalue weighted by Gasteiger charge is -2.16. The first-order chi connectivity index (χ1) is 9.43. The molecule has 1 rings (SSSR count). The Kier molecular flexibility index (Phi) is 5.54. The predicted octanol–water partition coefficient (Wildman–Crippen LogP) is 2.31. The van der Waals surface area contributed by atoms with E-state index in [-0.39, 0.29) is 13.2 Å². The third kappa shape index (κ3) is 3.28. The molecular weight excluding hydrogens is 277 g/mol. The van der Waals surface area contributed by atoms with Gasteiger partial charge in [-0.3, -0.25) is 9.59 Å².